The maximum atomic E-state index is 13.6. The van der Waals surface area contributed by atoms with E-state index in [2.05, 4.69) is 58.7 Å². The molecule has 1 saturated carbocycles. The van der Waals surface area contributed by atoms with Gasteiger partial charge in [-0.1, -0.05) is 62.4 Å². The lowest BCUT2D eigenvalue weighted by atomic mass is 9.98. The van der Waals surface area contributed by atoms with Crippen LogP contribution < -0.4 is 11.2 Å². The summed E-state index contributed by atoms with van der Waals surface area (Å²) in [5.74, 6) is 1.91. The first-order chi connectivity index (χ1) is 18.4. The number of H-pyrrole nitrogens is 1. The van der Waals surface area contributed by atoms with Crippen LogP contribution in [0.5, 0.6) is 0 Å². The predicted molar refractivity (Wildman–Crippen MR) is 145 cm³/mol. The molecule has 2 aromatic carbocycles. The number of aromatic amines is 1. The molecule has 1 fully saturated rings. The van der Waals surface area contributed by atoms with Crippen molar-refractivity contribution in [1.29, 1.82) is 0 Å². The molecule has 0 spiro atoms. The number of aryl methyl sites for hydroxylation is 1. The number of aromatic nitrogens is 8. The van der Waals surface area contributed by atoms with E-state index in [-0.39, 0.29) is 17.2 Å². The van der Waals surface area contributed by atoms with Gasteiger partial charge in [0.2, 0.25) is 5.82 Å². The lowest BCUT2D eigenvalue weighted by Crippen LogP contribution is -2.41. The van der Waals surface area contributed by atoms with Gasteiger partial charge >= 0.3 is 5.69 Å². The largest absolute Gasteiger partial charge is 0.332 e. The highest BCUT2D eigenvalue weighted by atomic mass is 16.2. The summed E-state index contributed by atoms with van der Waals surface area (Å²) in [6.45, 7) is 7.50. The van der Waals surface area contributed by atoms with Gasteiger partial charge in [-0.2, -0.15) is 5.21 Å². The van der Waals surface area contributed by atoms with Crippen molar-refractivity contribution >= 4 is 11.2 Å². The number of fused-ring (bicyclic) bond motifs is 1. The van der Waals surface area contributed by atoms with Crippen LogP contribution in [0.1, 0.15) is 38.1 Å². The zero-order valence-electron chi connectivity index (χ0n) is 21.8. The first-order valence-electron chi connectivity index (χ1n) is 13.0. The van der Waals surface area contributed by atoms with E-state index in [0.29, 0.717) is 48.4 Å². The van der Waals surface area contributed by atoms with E-state index < -0.39 is 0 Å². The van der Waals surface area contributed by atoms with Gasteiger partial charge in [-0.3, -0.25) is 13.9 Å². The lowest BCUT2D eigenvalue weighted by Gasteiger charge is -2.14. The molecule has 1 aliphatic carbocycles. The highest BCUT2D eigenvalue weighted by Crippen LogP contribution is 2.31. The highest BCUT2D eigenvalue weighted by Gasteiger charge is 2.27. The van der Waals surface area contributed by atoms with Crippen molar-refractivity contribution in [2.45, 2.75) is 53.2 Å². The summed E-state index contributed by atoms with van der Waals surface area (Å²) in [5, 5.41) is 14.5. The maximum absolute atomic E-state index is 13.6. The third-order valence-corrected chi connectivity index (χ3v) is 7.11. The SMILES string of the molecule is Cc1nc2c(c(=O)n(CC3CC3)c(=O)n2CC(C)C)n1Cc1ccc(-c2ccccc2-c2nn[nH]n2)cc1. The molecule has 6 rings (SSSR count). The second kappa shape index (κ2) is 9.51. The van der Waals surface area contributed by atoms with Crippen molar-refractivity contribution in [2.24, 2.45) is 11.8 Å². The molecule has 0 aliphatic heterocycles. The Balaban J connectivity index is 1.40. The molecule has 1 aliphatic rings. The topological polar surface area (TPSA) is 116 Å². The van der Waals surface area contributed by atoms with E-state index in [4.69, 9.17) is 4.98 Å². The second-order valence-corrected chi connectivity index (χ2v) is 10.5. The van der Waals surface area contributed by atoms with Crippen molar-refractivity contribution in [1.82, 2.24) is 39.3 Å². The molecule has 38 heavy (non-hydrogen) atoms. The fourth-order valence-corrected chi connectivity index (χ4v) is 5.02. The normalized spacial score (nSPS) is 13.6. The number of nitrogens with zero attached hydrogens (tertiary/aromatic N) is 7. The van der Waals surface area contributed by atoms with Gasteiger partial charge in [-0.05, 0) is 53.5 Å². The Bertz CT molecular complexity index is 1720. The van der Waals surface area contributed by atoms with Crippen LogP contribution in [0, 0.1) is 18.8 Å². The van der Waals surface area contributed by atoms with Crippen LogP contribution in [0.3, 0.4) is 0 Å². The summed E-state index contributed by atoms with van der Waals surface area (Å²) in [4.78, 5) is 31.7. The first-order valence-corrected chi connectivity index (χ1v) is 13.0. The number of hydrogen-bond acceptors (Lipinski definition) is 6. The minimum Gasteiger partial charge on any atom is -0.318 e. The minimum absolute atomic E-state index is 0.246. The molecule has 10 heteroatoms. The van der Waals surface area contributed by atoms with Gasteiger partial charge in [0.05, 0.1) is 0 Å². The molecule has 1 N–H and O–H groups in total. The molecule has 3 aromatic heterocycles. The Kier molecular flexibility index (Phi) is 6.01. The van der Waals surface area contributed by atoms with Crippen molar-refractivity contribution in [2.75, 3.05) is 0 Å². The van der Waals surface area contributed by atoms with Gasteiger partial charge in [-0.15, -0.1) is 10.2 Å². The standard InChI is InChI=1S/C28H30N8O2/c1-17(2)14-35-26-24(27(37)36(28(35)38)16-19-8-9-19)34(18(3)29-26)15-20-10-12-21(13-11-20)22-6-4-5-7-23(22)25-30-32-33-31-25/h4-7,10-13,17,19H,8-9,14-16H2,1-3H3,(H,30,31,32,33). The van der Waals surface area contributed by atoms with Gasteiger partial charge in [0.1, 0.15) is 5.82 Å². The van der Waals surface area contributed by atoms with Crippen LogP contribution in [0.4, 0.5) is 0 Å². The fourth-order valence-electron chi connectivity index (χ4n) is 5.02. The van der Waals surface area contributed by atoms with E-state index in [0.717, 1.165) is 35.1 Å². The van der Waals surface area contributed by atoms with Gasteiger partial charge < -0.3 is 4.57 Å². The van der Waals surface area contributed by atoms with Crippen LogP contribution in [-0.2, 0) is 19.6 Å². The first kappa shape index (κ1) is 24.0. The Morgan fingerprint density at radius 2 is 1.71 bits per heavy atom. The summed E-state index contributed by atoms with van der Waals surface area (Å²) in [7, 11) is 0. The molecule has 0 radical (unpaired) electrons. The average Bonchev–Trinajstić information content (AvgIpc) is 3.44. The van der Waals surface area contributed by atoms with E-state index >= 15 is 0 Å². The van der Waals surface area contributed by atoms with E-state index in [9.17, 15) is 9.59 Å². The van der Waals surface area contributed by atoms with Crippen molar-refractivity contribution in [3.8, 4) is 22.5 Å². The summed E-state index contributed by atoms with van der Waals surface area (Å²) >= 11 is 0. The Labute approximate surface area is 219 Å². The number of nitrogens with one attached hydrogen (secondary N) is 1. The Hall–Kier alpha value is -4.34. The Morgan fingerprint density at radius 3 is 2.37 bits per heavy atom. The number of benzene rings is 2. The zero-order chi connectivity index (χ0) is 26.4. The predicted octanol–water partition coefficient (Wildman–Crippen LogP) is 3.63. The smallest absolute Gasteiger partial charge is 0.318 e. The van der Waals surface area contributed by atoms with Crippen LogP contribution in [0.25, 0.3) is 33.7 Å². The fraction of sp³-hybridized carbons (Fsp3) is 0.357. The van der Waals surface area contributed by atoms with Crippen LogP contribution in [0.15, 0.2) is 58.1 Å². The van der Waals surface area contributed by atoms with E-state index in [1.54, 1.807) is 4.57 Å². The minimum atomic E-state index is -0.252. The molecule has 0 atom stereocenters. The number of tetrazole rings is 1. The molecular weight excluding hydrogens is 480 g/mol. The average molecular weight is 511 g/mol. The number of imidazole rings is 1. The second-order valence-electron chi connectivity index (χ2n) is 10.5. The third-order valence-electron chi connectivity index (χ3n) is 7.11. The summed E-state index contributed by atoms with van der Waals surface area (Å²) in [6.07, 6.45) is 2.13. The quantitative estimate of drug-likeness (QED) is 0.341. The molecular formula is C28H30N8O2. The van der Waals surface area contributed by atoms with Crippen LogP contribution in [-0.4, -0.2) is 39.3 Å². The lowest BCUT2D eigenvalue weighted by molar-refractivity contribution is 0.477. The van der Waals surface area contributed by atoms with Gasteiger partial charge in [0.15, 0.2) is 11.2 Å². The van der Waals surface area contributed by atoms with Gasteiger partial charge in [0, 0.05) is 25.2 Å². The van der Waals surface area contributed by atoms with Gasteiger partial charge in [-0.25, -0.2) is 9.78 Å². The molecule has 0 bridgehead atoms. The highest BCUT2D eigenvalue weighted by molar-refractivity contribution is 5.80. The Morgan fingerprint density at radius 1 is 0.974 bits per heavy atom. The summed E-state index contributed by atoms with van der Waals surface area (Å²) in [5.41, 5.74) is 4.43. The molecule has 10 nitrogen and oxygen atoms in total. The van der Waals surface area contributed by atoms with Gasteiger partial charge in [0.25, 0.3) is 5.56 Å². The zero-order valence-corrected chi connectivity index (χ0v) is 21.8. The summed E-state index contributed by atoms with van der Waals surface area (Å²) in [6, 6.07) is 16.2. The van der Waals surface area contributed by atoms with Crippen molar-refractivity contribution in [3.05, 3.63) is 80.8 Å². The van der Waals surface area contributed by atoms with Crippen LogP contribution >= 0.6 is 0 Å². The molecule has 0 saturated heterocycles. The molecule has 194 valence electrons. The number of rotatable bonds is 8. The van der Waals surface area contributed by atoms with E-state index in [1.165, 1.54) is 4.57 Å². The van der Waals surface area contributed by atoms with Crippen molar-refractivity contribution in [3.63, 3.8) is 0 Å². The van der Waals surface area contributed by atoms with Crippen LogP contribution in [0.2, 0.25) is 0 Å². The maximum Gasteiger partial charge on any atom is 0.332 e. The number of hydrogen-bond donors (Lipinski definition) is 1. The molecule has 0 unspecified atom stereocenters. The molecule has 3 heterocycles. The third kappa shape index (κ3) is 4.36. The monoisotopic (exact) mass is 510 g/mol. The molecule has 5 aromatic rings. The molecule has 0 amide bonds. The van der Waals surface area contributed by atoms with E-state index in [1.807, 2.05) is 35.8 Å². The summed E-state index contributed by atoms with van der Waals surface area (Å²) < 4.78 is 5.06. The van der Waals surface area contributed by atoms with Crippen molar-refractivity contribution < 1.29 is 0 Å².